The van der Waals surface area contributed by atoms with Gasteiger partial charge in [-0.15, -0.1) is 0 Å². The maximum absolute atomic E-state index is 10.2. The van der Waals surface area contributed by atoms with Crippen LogP contribution < -0.4 is 0 Å². The lowest BCUT2D eigenvalue weighted by Crippen LogP contribution is -2.38. The van der Waals surface area contributed by atoms with Crippen LogP contribution in [0.25, 0.3) is 0 Å². The molecular formula is C17H19ClO4. The Morgan fingerprint density at radius 3 is 2.23 bits per heavy atom. The van der Waals surface area contributed by atoms with Gasteiger partial charge in [0.2, 0.25) is 0 Å². The Hall–Kier alpha value is -1.75. The first-order valence-corrected chi connectivity index (χ1v) is 7.30. The molecule has 2 rings (SSSR count). The van der Waals surface area contributed by atoms with E-state index in [4.69, 9.17) is 11.6 Å². The van der Waals surface area contributed by atoms with Crippen LogP contribution in [0.5, 0.6) is 11.5 Å². The summed E-state index contributed by atoms with van der Waals surface area (Å²) in [7, 11) is 0. The number of rotatable bonds is 5. The lowest BCUT2D eigenvalue weighted by Gasteiger charge is -2.33. The largest absolute Gasteiger partial charge is 0.504 e. The Labute approximate surface area is 134 Å². The summed E-state index contributed by atoms with van der Waals surface area (Å²) in [5.74, 6) is -0.610. The zero-order chi connectivity index (χ0) is 16.3. The summed E-state index contributed by atoms with van der Waals surface area (Å²) in [4.78, 5) is 0. The van der Waals surface area contributed by atoms with Gasteiger partial charge in [0.15, 0.2) is 11.5 Å². The summed E-state index contributed by atoms with van der Waals surface area (Å²) in [5.41, 5.74) is 0.607. The third-order valence-electron chi connectivity index (χ3n) is 3.99. The lowest BCUT2D eigenvalue weighted by molar-refractivity contribution is 0.113. The highest BCUT2D eigenvalue weighted by molar-refractivity contribution is 6.31. The molecule has 0 amide bonds. The van der Waals surface area contributed by atoms with Gasteiger partial charge in [0.1, 0.15) is 0 Å². The molecule has 4 nitrogen and oxygen atoms in total. The third kappa shape index (κ3) is 2.90. The number of benzene rings is 2. The number of aliphatic hydroxyl groups is 2. The first-order valence-electron chi connectivity index (χ1n) is 6.92. The highest BCUT2D eigenvalue weighted by atomic mass is 35.5. The molecule has 118 valence electrons. The van der Waals surface area contributed by atoms with E-state index >= 15 is 0 Å². The van der Waals surface area contributed by atoms with Crippen LogP contribution in [0.15, 0.2) is 36.4 Å². The molecule has 0 aliphatic carbocycles. The summed E-state index contributed by atoms with van der Waals surface area (Å²) in [5, 5.41) is 40.4. The highest BCUT2D eigenvalue weighted by Gasteiger charge is 2.36. The van der Waals surface area contributed by atoms with Gasteiger partial charge in [0, 0.05) is 16.0 Å². The summed E-state index contributed by atoms with van der Waals surface area (Å²) in [6, 6.07) is 10.2. The van der Waals surface area contributed by atoms with E-state index in [9.17, 15) is 20.4 Å². The standard InChI is InChI=1S/C17H19ClO4/c1-11-6-7-14(21)16(22)15(11)17(9-19,10-20)8-12-4-2-3-5-13(12)18/h2-7,19-22H,8-10H2,1H3. The van der Waals surface area contributed by atoms with Crippen molar-refractivity contribution in [3.8, 4) is 11.5 Å². The Kier molecular flexibility index (Phi) is 4.96. The van der Waals surface area contributed by atoms with Gasteiger partial charge in [-0.3, -0.25) is 0 Å². The molecule has 0 aliphatic rings. The van der Waals surface area contributed by atoms with Crippen molar-refractivity contribution in [1.29, 1.82) is 0 Å². The van der Waals surface area contributed by atoms with Gasteiger partial charge in [0.05, 0.1) is 13.2 Å². The number of aryl methyl sites for hydroxylation is 1. The van der Waals surface area contributed by atoms with Crippen LogP contribution in [0.1, 0.15) is 16.7 Å². The normalized spacial score (nSPS) is 11.6. The van der Waals surface area contributed by atoms with Crippen LogP contribution in [0.4, 0.5) is 0 Å². The highest BCUT2D eigenvalue weighted by Crippen LogP contribution is 2.41. The number of aliphatic hydroxyl groups excluding tert-OH is 2. The monoisotopic (exact) mass is 322 g/mol. The van der Waals surface area contributed by atoms with E-state index in [0.29, 0.717) is 16.1 Å². The van der Waals surface area contributed by atoms with E-state index in [1.165, 1.54) is 6.07 Å². The van der Waals surface area contributed by atoms with Crippen LogP contribution in [-0.4, -0.2) is 33.6 Å². The van der Waals surface area contributed by atoms with Gasteiger partial charge < -0.3 is 20.4 Å². The van der Waals surface area contributed by atoms with Crippen molar-refractivity contribution < 1.29 is 20.4 Å². The average molecular weight is 323 g/mol. The fourth-order valence-electron chi connectivity index (χ4n) is 2.77. The van der Waals surface area contributed by atoms with Crippen LogP contribution in [-0.2, 0) is 11.8 Å². The van der Waals surface area contributed by atoms with Crippen molar-refractivity contribution in [2.75, 3.05) is 13.2 Å². The Morgan fingerprint density at radius 1 is 1.00 bits per heavy atom. The zero-order valence-electron chi connectivity index (χ0n) is 12.3. The van der Waals surface area contributed by atoms with Crippen LogP contribution in [0.3, 0.4) is 0 Å². The molecule has 2 aromatic rings. The maximum Gasteiger partial charge on any atom is 0.161 e. The summed E-state index contributed by atoms with van der Waals surface area (Å²) in [6.45, 7) is 0.959. The van der Waals surface area contributed by atoms with Crippen molar-refractivity contribution in [2.45, 2.75) is 18.8 Å². The fraction of sp³-hybridized carbons (Fsp3) is 0.294. The number of phenols is 2. The molecule has 0 radical (unpaired) electrons. The number of halogens is 1. The van der Waals surface area contributed by atoms with Gasteiger partial charge >= 0.3 is 0 Å². The molecule has 4 N–H and O–H groups in total. The predicted molar refractivity (Wildman–Crippen MR) is 85.5 cm³/mol. The number of hydrogen-bond donors (Lipinski definition) is 4. The second-order valence-corrected chi connectivity index (χ2v) is 5.90. The first kappa shape index (κ1) is 16.6. The summed E-state index contributed by atoms with van der Waals surface area (Å²) < 4.78 is 0. The summed E-state index contributed by atoms with van der Waals surface area (Å²) in [6.07, 6.45) is 0.234. The van der Waals surface area contributed by atoms with E-state index in [2.05, 4.69) is 0 Å². The van der Waals surface area contributed by atoms with Crippen molar-refractivity contribution in [3.63, 3.8) is 0 Å². The van der Waals surface area contributed by atoms with Gasteiger partial charge in [-0.25, -0.2) is 0 Å². The average Bonchev–Trinajstić information content (AvgIpc) is 2.52. The molecule has 2 aromatic carbocycles. The SMILES string of the molecule is Cc1ccc(O)c(O)c1C(CO)(CO)Cc1ccccc1Cl. The number of aromatic hydroxyl groups is 2. The Bertz CT molecular complexity index is 666. The molecule has 0 saturated heterocycles. The first-order chi connectivity index (χ1) is 10.4. The van der Waals surface area contributed by atoms with E-state index < -0.39 is 18.6 Å². The topological polar surface area (TPSA) is 80.9 Å². The molecule has 5 heteroatoms. The number of hydrogen-bond acceptors (Lipinski definition) is 4. The minimum atomic E-state index is -1.14. The van der Waals surface area contributed by atoms with Crippen molar-refractivity contribution in [3.05, 3.63) is 58.1 Å². The second-order valence-electron chi connectivity index (χ2n) is 5.49. The number of phenolic OH excluding ortho intramolecular Hbond substituents is 2. The fourth-order valence-corrected chi connectivity index (χ4v) is 2.97. The minimum absolute atomic E-state index is 0.234. The van der Waals surface area contributed by atoms with Gasteiger partial charge in [-0.05, 0) is 36.6 Å². The van der Waals surface area contributed by atoms with Crippen molar-refractivity contribution >= 4 is 11.6 Å². The van der Waals surface area contributed by atoms with E-state index in [0.717, 1.165) is 5.56 Å². The molecule has 22 heavy (non-hydrogen) atoms. The third-order valence-corrected chi connectivity index (χ3v) is 4.36. The molecule has 0 saturated carbocycles. The maximum atomic E-state index is 10.2. The molecule has 0 spiro atoms. The van der Waals surface area contributed by atoms with Crippen molar-refractivity contribution in [1.82, 2.24) is 0 Å². The Balaban J connectivity index is 2.59. The molecule has 0 aliphatic heterocycles. The summed E-state index contributed by atoms with van der Waals surface area (Å²) >= 11 is 6.17. The van der Waals surface area contributed by atoms with Gasteiger partial charge in [-0.2, -0.15) is 0 Å². The van der Waals surface area contributed by atoms with E-state index in [1.807, 2.05) is 6.07 Å². The molecule has 0 fully saturated rings. The van der Waals surface area contributed by atoms with Gasteiger partial charge in [-0.1, -0.05) is 35.9 Å². The molecular weight excluding hydrogens is 304 g/mol. The van der Waals surface area contributed by atoms with E-state index in [1.54, 1.807) is 31.2 Å². The predicted octanol–water partition coefficient (Wildman–Crippen LogP) is 2.52. The van der Waals surface area contributed by atoms with Crippen molar-refractivity contribution in [2.24, 2.45) is 0 Å². The lowest BCUT2D eigenvalue weighted by atomic mass is 9.74. The molecule has 0 unspecified atom stereocenters. The smallest absolute Gasteiger partial charge is 0.161 e. The van der Waals surface area contributed by atoms with Crippen LogP contribution >= 0.6 is 11.6 Å². The van der Waals surface area contributed by atoms with E-state index in [-0.39, 0.29) is 17.9 Å². The molecule has 0 atom stereocenters. The van der Waals surface area contributed by atoms with Crippen LogP contribution in [0, 0.1) is 6.92 Å². The minimum Gasteiger partial charge on any atom is -0.504 e. The van der Waals surface area contributed by atoms with Gasteiger partial charge in [0.25, 0.3) is 0 Å². The zero-order valence-corrected chi connectivity index (χ0v) is 13.0. The molecule has 0 bridgehead atoms. The Morgan fingerprint density at radius 2 is 1.64 bits per heavy atom. The molecule has 0 heterocycles. The quantitative estimate of drug-likeness (QED) is 0.638. The second kappa shape index (κ2) is 6.57. The molecule has 0 aromatic heterocycles. The van der Waals surface area contributed by atoms with Crippen LogP contribution in [0.2, 0.25) is 5.02 Å².